The number of halogens is 1. The molecule has 1 aliphatic heterocycles. The molecule has 0 atom stereocenters. The van der Waals surface area contributed by atoms with Gasteiger partial charge in [-0.05, 0) is 42.4 Å². The Morgan fingerprint density at radius 3 is 2.86 bits per heavy atom. The van der Waals surface area contributed by atoms with Gasteiger partial charge in [-0.15, -0.1) is 0 Å². The van der Waals surface area contributed by atoms with E-state index in [9.17, 15) is 0 Å². The van der Waals surface area contributed by atoms with E-state index in [0.29, 0.717) is 5.15 Å². The summed E-state index contributed by atoms with van der Waals surface area (Å²) < 4.78 is 0. The largest absolute Gasteiger partial charge is 0.293 e. The van der Waals surface area contributed by atoms with Gasteiger partial charge in [0.25, 0.3) is 0 Å². The second-order valence-corrected chi connectivity index (χ2v) is 6.74. The van der Waals surface area contributed by atoms with Gasteiger partial charge in [0.1, 0.15) is 11.0 Å². The Morgan fingerprint density at radius 1 is 1.18 bits per heavy atom. The lowest BCUT2D eigenvalue weighted by molar-refractivity contribution is 0.240. The Morgan fingerprint density at radius 2 is 2.09 bits per heavy atom. The summed E-state index contributed by atoms with van der Waals surface area (Å²) in [5.41, 5.74) is 3.71. The van der Waals surface area contributed by atoms with Gasteiger partial charge in [0.05, 0.1) is 5.69 Å². The normalized spacial score (nSPS) is 18.2. The first-order valence-corrected chi connectivity index (χ1v) is 8.30. The fourth-order valence-corrected chi connectivity index (χ4v) is 3.08. The van der Waals surface area contributed by atoms with Crippen LogP contribution in [0.1, 0.15) is 35.5 Å². The summed E-state index contributed by atoms with van der Waals surface area (Å²) in [6.45, 7) is 2.84. The third-order valence-corrected chi connectivity index (χ3v) is 4.66. The molecular formula is C17H19ClN4. The van der Waals surface area contributed by atoms with Gasteiger partial charge in [0.15, 0.2) is 0 Å². The van der Waals surface area contributed by atoms with Crippen LogP contribution in [0, 0.1) is 5.92 Å². The molecule has 0 radical (unpaired) electrons. The SMILES string of the molecule is Clc1ccc(CN2CCc3cnc(CC4CC4)nc3C2)cn1. The maximum atomic E-state index is 5.84. The molecule has 3 heterocycles. The van der Waals surface area contributed by atoms with Crippen LogP contribution in [0.5, 0.6) is 0 Å². The highest BCUT2D eigenvalue weighted by Gasteiger charge is 2.24. The van der Waals surface area contributed by atoms with Crippen molar-refractivity contribution in [3.63, 3.8) is 0 Å². The van der Waals surface area contributed by atoms with E-state index in [1.807, 2.05) is 24.5 Å². The summed E-state index contributed by atoms with van der Waals surface area (Å²) in [7, 11) is 0. The summed E-state index contributed by atoms with van der Waals surface area (Å²) in [5.74, 6) is 1.86. The summed E-state index contributed by atoms with van der Waals surface area (Å²) in [4.78, 5) is 15.9. The third kappa shape index (κ3) is 3.28. The number of aromatic nitrogens is 3. The van der Waals surface area contributed by atoms with Crippen molar-refractivity contribution in [1.29, 1.82) is 0 Å². The van der Waals surface area contributed by atoms with E-state index in [1.54, 1.807) is 0 Å². The average Bonchev–Trinajstić information content (AvgIpc) is 3.33. The predicted molar refractivity (Wildman–Crippen MR) is 85.5 cm³/mol. The summed E-state index contributed by atoms with van der Waals surface area (Å²) in [5, 5.41) is 0.546. The minimum atomic E-state index is 0.546. The highest BCUT2D eigenvalue weighted by atomic mass is 35.5. The van der Waals surface area contributed by atoms with Crippen molar-refractivity contribution in [1.82, 2.24) is 19.9 Å². The molecule has 22 heavy (non-hydrogen) atoms. The van der Waals surface area contributed by atoms with E-state index >= 15 is 0 Å². The molecule has 5 heteroatoms. The van der Waals surface area contributed by atoms with Gasteiger partial charge >= 0.3 is 0 Å². The standard InChI is InChI=1S/C17H19ClN4/c18-16-4-3-13(8-19-16)10-22-6-5-14-9-20-17(7-12-1-2-12)21-15(14)11-22/h3-4,8-9,12H,1-2,5-7,10-11H2. The van der Waals surface area contributed by atoms with Gasteiger partial charge in [-0.25, -0.2) is 15.0 Å². The van der Waals surface area contributed by atoms with Crippen molar-refractivity contribution < 1.29 is 0 Å². The molecule has 2 aromatic rings. The van der Waals surface area contributed by atoms with Crippen molar-refractivity contribution in [2.45, 2.75) is 38.8 Å². The van der Waals surface area contributed by atoms with Crippen LogP contribution in [-0.4, -0.2) is 26.4 Å². The van der Waals surface area contributed by atoms with Gasteiger partial charge in [0, 0.05) is 38.4 Å². The van der Waals surface area contributed by atoms with Crippen LogP contribution in [0.2, 0.25) is 5.15 Å². The second-order valence-electron chi connectivity index (χ2n) is 6.36. The van der Waals surface area contributed by atoms with Crippen LogP contribution < -0.4 is 0 Å². The number of nitrogens with zero attached hydrogens (tertiary/aromatic N) is 4. The highest BCUT2D eigenvalue weighted by molar-refractivity contribution is 6.29. The zero-order valence-corrected chi connectivity index (χ0v) is 13.3. The monoisotopic (exact) mass is 314 g/mol. The molecule has 1 aliphatic carbocycles. The van der Waals surface area contributed by atoms with E-state index < -0.39 is 0 Å². The highest BCUT2D eigenvalue weighted by Crippen LogP contribution is 2.32. The number of fused-ring (bicyclic) bond motifs is 1. The zero-order chi connectivity index (χ0) is 14.9. The Hall–Kier alpha value is -1.52. The lowest BCUT2D eigenvalue weighted by Crippen LogP contribution is -2.31. The molecule has 4 rings (SSSR count). The molecule has 4 nitrogen and oxygen atoms in total. The molecule has 2 aromatic heterocycles. The molecule has 0 spiro atoms. The molecule has 1 fully saturated rings. The van der Waals surface area contributed by atoms with E-state index in [-0.39, 0.29) is 0 Å². The molecule has 2 aliphatic rings. The van der Waals surface area contributed by atoms with Crippen LogP contribution in [-0.2, 0) is 25.9 Å². The lowest BCUT2D eigenvalue weighted by Gasteiger charge is -2.27. The number of hydrogen-bond acceptors (Lipinski definition) is 4. The van der Waals surface area contributed by atoms with Crippen LogP contribution in [0.25, 0.3) is 0 Å². The Kier molecular flexibility index (Phi) is 3.80. The van der Waals surface area contributed by atoms with E-state index in [2.05, 4.69) is 14.9 Å². The van der Waals surface area contributed by atoms with Crippen LogP contribution in [0.4, 0.5) is 0 Å². The van der Waals surface area contributed by atoms with Crippen LogP contribution in [0.3, 0.4) is 0 Å². The Labute approximate surface area is 135 Å². The lowest BCUT2D eigenvalue weighted by atomic mass is 10.1. The fraction of sp³-hybridized carbons (Fsp3) is 0.471. The van der Waals surface area contributed by atoms with Crippen molar-refractivity contribution in [3.05, 3.63) is 52.3 Å². The van der Waals surface area contributed by atoms with Gasteiger partial charge in [0.2, 0.25) is 0 Å². The van der Waals surface area contributed by atoms with Gasteiger partial charge in [-0.2, -0.15) is 0 Å². The zero-order valence-electron chi connectivity index (χ0n) is 12.5. The van der Waals surface area contributed by atoms with Crippen molar-refractivity contribution in [3.8, 4) is 0 Å². The third-order valence-electron chi connectivity index (χ3n) is 4.44. The molecule has 1 saturated carbocycles. The Balaban J connectivity index is 1.46. The van der Waals surface area contributed by atoms with E-state index in [0.717, 1.165) is 44.2 Å². The van der Waals surface area contributed by atoms with Crippen LogP contribution >= 0.6 is 11.6 Å². The first-order chi connectivity index (χ1) is 10.8. The van der Waals surface area contributed by atoms with Gasteiger partial charge in [-0.1, -0.05) is 17.7 Å². The van der Waals surface area contributed by atoms with Crippen LogP contribution in [0.15, 0.2) is 24.5 Å². The smallest absolute Gasteiger partial charge is 0.129 e. The molecule has 0 unspecified atom stereocenters. The fourth-order valence-electron chi connectivity index (χ4n) is 2.97. The van der Waals surface area contributed by atoms with E-state index in [1.165, 1.54) is 29.7 Å². The number of pyridine rings is 1. The molecule has 0 bridgehead atoms. The topological polar surface area (TPSA) is 41.9 Å². The summed E-state index contributed by atoms with van der Waals surface area (Å²) in [6.07, 6.45) is 8.66. The molecule has 0 aromatic carbocycles. The van der Waals surface area contributed by atoms with Crippen molar-refractivity contribution in [2.24, 2.45) is 5.92 Å². The summed E-state index contributed by atoms with van der Waals surface area (Å²) in [6, 6.07) is 3.90. The quantitative estimate of drug-likeness (QED) is 0.814. The van der Waals surface area contributed by atoms with Gasteiger partial charge in [-0.3, -0.25) is 4.90 Å². The maximum absolute atomic E-state index is 5.84. The minimum Gasteiger partial charge on any atom is -0.293 e. The molecule has 114 valence electrons. The second kappa shape index (κ2) is 5.94. The minimum absolute atomic E-state index is 0.546. The first-order valence-electron chi connectivity index (χ1n) is 7.93. The molecule has 0 saturated heterocycles. The maximum Gasteiger partial charge on any atom is 0.129 e. The van der Waals surface area contributed by atoms with Crippen molar-refractivity contribution >= 4 is 11.6 Å². The van der Waals surface area contributed by atoms with Crippen molar-refractivity contribution in [2.75, 3.05) is 6.54 Å². The predicted octanol–water partition coefficient (Wildman–Crippen LogP) is 3.04. The number of rotatable bonds is 4. The average molecular weight is 315 g/mol. The first kappa shape index (κ1) is 14.1. The summed E-state index contributed by atoms with van der Waals surface area (Å²) >= 11 is 5.84. The number of hydrogen-bond donors (Lipinski definition) is 0. The molecule has 0 amide bonds. The molecule has 0 N–H and O–H groups in total. The molecular weight excluding hydrogens is 296 g/mol. The van der Waals surface area contributed by atoms with Gasteiger partial charge < -0.3 is 0 Å². The van der Waals surface area contributed by atoms with E-state index in [4.69, 9.17) is 16.6 Å². The Bertz CT molecular complexity index is 667.